The number of carbonyl (C=O) groups excluding carboxylic acids is 2. The van der Waals surface area contributed by atoms with E-state index in [1.54, 1.807) is 0 Å². The van der Waals surface area contributed by atoms with Crippen molar-refractivity contribution >= 4 is 11.9 Å². The fourth-order valence-corrected chi connectivity index (χ4v) is 4.52. The highest BCUT2D eigenvalue weighted by Gasteiger charge is 2.33. The molecule has 2 atom stereocenters. The van der Waals surface area contributed by atoms with Gasteiger partial charge in [0.25, 0.3) is 0 Å². The first-order valence-corrected chi connectivity index (χ1v) is 10.9. The van der Waals surface area contributed by atoms with Gasteiger partial charge in [-0.1, -0.05) is 36.8 Å². The van der Waals surface area contributed by atoms with Gasteiger partial charge in [-0.25, -0.2) is 0 Å². The normalized spacial score (nSPS) is 22.3. The lowest BCUT2D eigenvalue weighted by Crippen LogP contribution is -2.49. The predicted molar refractivity (Wildman–Crippen MR) is 110 cm³/mol. The number of benzene rings is 1. The highest BCUT2D eigenvalue weighted by atomic mass is 16.5. The topological polar surface area (TPSA) is 58.6 Å². The molecular weight excluding hydrogens is 352 g/mol. The third kappa shape index (κ3) is 6.62. The molecule has 5 heteroatoms. The van der Waals surface area contributed by atoms with Gasteiger partial charge in [-0.05, 0) is 57.2 Å². The third-order valence-electron chi connectivity index (χ3n) is 6.05. The number of fused-ring (bicyclic) bond motifs is 1. The number of hydrogen-bond acceptors (Lipinski definition) is 4. The van der Waals surface area contributed by atoms with Crippen molar-refractivity contribution in [1.29, 1.82) is 0 Å². The molecule has 0 spiro atoms. The van der Waals surface area contributed by atoms with E-state index < -0.39 is 0 Å². The Kier molecular flexibility index (Phi) is 8.34. The molecule has 2 heterocycles. The lowest BCUT2D eigenvalue weighted by molar-refractivity contribution is -0.146. The van der Waals surface area contributed by atoms with Crippen LogP contribution in [0.4, 0.5) is 0 Å². The number of nitrogens with zero attached hydrogens (tertiary/aromatic N) is 1. The summed E-state index contributed by atoms with van der Waals surface area (Å²) < 4.78 is 5.55. The van der Waals surface area contributed by atoms with Crippen molar-refractivity contribution < 1.29 is 14.3 Å². The second-order valence-corrected chi connectivity index (χ2v) is 8.12. The van der Waals surface area contributed by atoms with Crippen LogP contribution >= 0.6 is 0 Å². The molecule has 5 nitrogen and oxygen atoms in total. The summed E-state index contributed by atoms with van der Waals surface area (Å²) in [6, 6.07) is 10.7. The van der Waals surface area contributed by atoms with Gasteiger partial charge < -0.3 is 10.1 Å². The van der Waals surface area contributed by atoms with Crippen LogP contribution in [0.1, 0.15) is 56.9 Å². The summed E-state index contributed by atoms with van der Waals surface area (Å²) in [4.78, 5) is 26.6. The van der Waals surface area contributed by atoms with Crippen molar-refractivity contribution in [1.82, 2.24) is 10.2 Å². The Labute approximate surface area is 168 Å². The van der Waals surface area contributed by atoms with Crippen LogP contribution in [-0.4, -0.2) is 49.1 Å². The van der Waals surface area contributed by atoms with Crippen LogP contribution in [0.5, 0.6) is 0 Å². The highest BCUT2D eigenvalue weighted by molar-refractivity contribution is 5.77. The molecule has 1 N–H and O–H groups in total. The van der Waals surface area contributed by atoms with Gasteiger partial charge in [-0.15, -0.1) is 0 Å². The van der Waals surface area contributed by atoms with Crippen LogP contribution in [0.25, 0.3) is 0 Å². The summed E-state index contributed by atoms with van der Waals surface area (Å²) in [7, 11) is 0. The average molecular weight is 387 g/mol. The standard InChI is InChI=1S/C23H34N2O3/c26-22(24-15-14-19-8-2-1-3-9-19)12-6-13-23(27)28-18-20-10-7-17-25-16-5-4-11-21(20)25/h1-3,8-9,20-21H,4-7,10-18H2,(H,24,26). The number of nitrogens with one attached hydrogen (secondary N) is 1. The summed E-state index contributed by atoms with van der Waals surface area (Å²) in [5.41, 5.74) is 1.21. The van der Waals surface area contributed by atoms with Gasteiger partial charge in [0, 0.05) is 31.3 Å². The number of ether oxygens (including phenoxy) is 1. The summed E-state index contributed by atoms with van der Waals surface area (Å²) in [6.07, 6.45) is 8.30. The summed E-state index contributed by atoms with van der Waals surface area (Å²) in [5.74, 6) is 0.332. The first-order valence-electron chi connectivity index (χ1n) is 10.9. The predicted octanol–water partition coefficient (Wildman–Crippen LogP) is 3.32. The number of piperidine rings is 2. The van der Waals surface area contributed by atoms with Crippen molar-refractivity contribution in [2.75, 3.05) is 26.2 Å². The van der Waals surface area contributed by atoms with Gasteiger partial charge >= 0.3 is 5.97 Å². The Morgan fingerprint density at radius 3 is 2.71 bits per heavy atom. The second kappa shape index (κ2) is 11.2. The lowest BCUT2D eigenvalue weighted by atomic mass is 9.84. The van der Waals surface area contributed by atoms with Gasteiger partial charge in [0.15, 0.2) is 0 Å². The van der Waals surface area contributed by atoms with Crippen LogP contribution in [-0.2, 0) is 20.7 Å². The van der Waals surface area contributed by atoms with Crippen molar-refractivity contribution in [3.63, 3.8) is 0 Å². The van der Waals surface area contributed by atoms with E-state index in [1.165, 1.54) is 44.3 Å². The van der Waals surface area contributed by atoms with Crippen LogP contribution in [0.2, 0.25) is 0 Å². The molecule has 2 fully saturated rings. The maximum absolute atomic E-state index is 12.1. The number of amides is 1. The fraction of sp³-hybridized carbons (Fsp3) is 0.652. The molecule has 1 amide bonds. The molecule has 0 aliphatic carbocycles. The molecular formula is C23H34N2O3. The molecule has 2 saturated heterocycles. The minimum atomic E-state index is -0.162. The summed E-state index contributed by atoms with van der Waals surface area (Å²) in [6.45, 7) is 3.58. The largest absolute Gasteiger partial charge is 0.465 e. The zero-order chi connectivity index (χ0) is 19.6. The molecule has 1 aromatic rings. The van der Waals surface area contributed by atoms with Gasteiger partial charge in [0.2, 0.25) is 5.91 Å². The van der Waals surface area contributed by atoms with Crippen molar-refractivity contribution in [3.05, 3.63) is 35.9 Å². The number of esters is 1. The molecule has 3 rings (SSSR count). The molecule has 1 aromatic carbocycles. The van der Waals surface area contributed by atoms with Gasteiger partial charge in [0.05, 0.1) is 6.61 Å². The van der Waals surface area contributed by atoms with E-state index in [9.17, 15) is 9.59 Å². The SMILES string of the molecule is O=C(CCCC(=O)OCC1CCCN2CCCCC12)NCCc1ccccc1. The Bertz CT molecular complexity index is 618. The zero-order valence-corrected chi connectivity index (χ0v) is 16.9. The van der Waals surface area contributed by atoms with E-state index in [4.69, 9.17) is 4.74 Å². The highest BCUT2D eigenvalue weighted by Crippen LogP contribution is 2.31. The third-order valence-corrected chi connectivity index (χ3v) is 6.05. The van der Waals surface area contributed by atoms with Gasteiger partial charge in [-0.3, -0.25) is 14.5 Å². The minimum Gasteiger partial charge on any atom is -0.465 e. The van der Waals surface area contributed by atoms with E-state index in [1.807, 2.05) is 18.2 Å². The van der Waals surface area contributed by atoms with E-state index in [2.05, 4.69) is 22.3 Å². The van der Waals surface area contributed by atoms with E-state index >= 15 is 0 Å². The van der Waals surface area contributed by atoms with Crippen LogP contribution in [0, 0.1) is 5.92 Å². The van der Waals surface area contributed by atoms with E-state index in [0.717, 1.165) is 12.8 Å². The smallest absolute Gasteiger partial charge is 0.305 e. The van der Waals surface area contributed by atoms with Crippen LogP contribution < -0.4 is 5.32 Å². The van der Waals surface area contributed by atoms with E-state index in [0.29, 0.717) is 44.4 Å². The van der Waals surface area contributed by atoms with Crippen LogP contribution in [0.3, 0.4) is 0 Å². The van der Waals surface area contributed by atoms with Crippen molar-refractivity contribution in [2.45, 2.75) is 63.8 Å². The van der Waals surface area contributed by atoms with Gasteiger partial charge in [-0.2, -0.15) is 0 Å². The van der Waals surface area contributed by atoms with E-state index in [-0.39, 0.29) is 11.9 Å². The quantitative estimate of drug-likeness (QED) is 0.662. The van der Waals surface area contributed by atoms with Crippen molar-refractivity contribution in [3.8, 4) is 0 Å². The number of rotatable bonds is 9. The molecule has 0 bridgehead atoms. The molecule has 0 aromatic heterocycles. The molecule has 28 heavy (non-hydrogen) atoms. The first-order chi connectivity index (χ1) is 13.7. The Hall–Kier alpha value is -1.88. The molecule has 2 aliphatic rings. The molecule has 0 saturated carbocycles. The van der Waals surface area contributed by atoms with Gasteiger partial charge in [0.1, 0.15) is 0 Å². The molecule has 154 valence electrons. The second-order valence-electron chi connectivity index (χ2n) is 8.12. The maximum atomic E-state index is 12.1. The fourth-order valence-electron chi connectivity index (χ4n) is 4.52. The average Bonchev–Trinajstić information content (AvgIpc) is 2.73. The van der Waals surface area contributed by atoms with Crippen molar-refractivity contribution in [2.24, 2.45) is 5.92 Å². The minimum absolute atomic E-state index is 0.00820. The zero-order valence-electron chi connectivity index (χ0n) is 16.9. The lowest BCUT2D eigenvalue weighted by Gasteiger charge is -2.44. The molecule has 0 radical (unpaired) electrons. The first kappa shape index (κ1) is 20.8. The van der Waals surface area contributed by atoms with Crippen LogP contribution in [0.15, 0.2) is 30.3 Å². The Morgan fingerprint density at radius 1 is 1.04 bits per heavy atom. The summed E-state index contributed by atoms with van der Waals surface area (Å²) >= 11 is 0. The Morgan fingerprint density at radius 2 is 1.86 bits per heavy atom. The number of hydrogen-bond donors (Lipinski definition) is 1. The number of carbonyl (C=O) groups is 2. The summed E-state index contributed by atoms with van der Waals surface area (Å²) in [5, 5.41) is 2.92. The Balaban J connectivity index is 1.25. The molecule has 2 unspecified atom stereocenters. The maximum Gasteiger partial charge on any atom is 0.305 e. The molecule has 2 aliphatic heterocycles. The monoisotopic (exact) mass is 386 g/mol.